The van der Waals surface area contributed by atoms with Gasteiger partial charge in [0.05, 0.1) is 31.8 Å². The van der Waals surface area contributed by atoms with Gasteiger partial charge in [0.1, 0.15) is 6.04 Å². The maximum Gasteiger partial charge on any atom is 0.410 e. The Morgan fingerprint density at radius 1 is 1.12 bits per heavy atom. The number of nitrogens with one attached hydrogen (secondary N) is 2. The van der Waals surface area contributed by atoms with Crippen LogP contribution in [0.4, 0.5) is 25.4 Å². The van der Waals surface area contributed by atoms with Crippen molar-refractivity contribution in [2.24, 2.45) is 0 Å². The van der Waals surface area contributed by atoms with Crippen LogP contribution in [0.1, 0.15) is 11.3 Å². The first kappa shape index (κ1) is 23.9. The molecule has 0 saturated carbocycles. The number of methoxy groups -OCH3 is 2. The van der Waals surface area contributed by atoms with E-state index in [0.717, 1.165) is 5.69 Å². The Balaban J connectivity index is 1.67. The molecule has 3 rings (SSSR count). The SMILES string of the molecule is COC(=O)[C@@H]1CN(Cc2cccc(NC(=O)Nc3ccc(C)nc3)c2F)CCN1C(=O)OC. The number of benzene rings is 1. The highest BCUT2D eigenvalue weighted by Crippen LogP contribution is 2.22. The van der Waals surface area contributed by atoms with Gasteiger partial charge in [-0.25, -0.2) is 18.8 Å². The lowest BCUT2D eigenvalue weighted by Gasteiger charge is -2.38. The number of esters is 1. The third-order valence-electron chi connectivity index (χ3n) is 5.24. The number of rotatable bonds is 5. The first-order valence-corrected chi connectivity index (χ1v) is 10.2. The van der Waals surface area contributed by atoms with Crippen LogP contribution >= 0.6 is 0 Å². The Hall–Kier alpha value is -3.73. The number of piperazine rings is 1. The van der Waals surface area contributed by atoms with E-state index >= 15 is 4.39 Å². The molecule has 1 fully saturated rings. The average Bonchev–Trinajstić information content (AvgIpc) is 2.82. The topological polar surface area (TPSA) is 113 Å². The van der Waals surface area contributed by atoms with Gasteiger partial charge in [-0.3, -0.25) is 14.8 Å². The van der Waals surface area contributed by atoms with Crippen molar-refractivity contribution in [2.75, 3.05) is 44.5 Å². The number of hydrogen-bond donors (Lipinski definition) is 2. The summed E-state index contributed by atoms with van der Waals surface area (Å²) in [4.78, 5) is 43.6. The van der Waals surface area contributed by atoms with Gasteiger partial charge in [0.15, 0.2) is 5.82 Å². The number of halogens is 1. The quantitative estimate of drug-likeness (QED) is 0.661. The van der Waals surface area contributed by atoms with Gasteiger partial charge in [-0.2, -0.15) is 0 Å². The number of carbonyl (C=O) groups excluding carboxylic acids is 3. The van der Waals surface area contributed by atoms with E-state index in [2.05, 4.69) is 15.6 Å². The predicted molar refractivity (Wildman–Crippen MR) is 118 cm³/mol. The zero-order valence-corrected chi connectivity index (χ0v) is 18.6. The molecule has 0 unspecified atom stereocenters. The van der Waals surface area contributed by atoms with Crippen LogP contribution in [0.5, 0.6) is 0 Å². The van der Waals surface area contributed by atoms with Gasteiger partial charge in [0.25, 0.3) is 0 Å². The van der Waals surface area contributed by atoms with Gasteiger partial charge in [0.2, 0.25) is 0 Å². The number of aryl methyl sites for hydroxylation is 1. The number of amides is 3. The number of ether oxygens (including phenoxy) is 2. The van der Waals surface area contributed by atoms with Crippen molar-refractivity contribution >= 4 is 29.5 Å². The molecule has 0 radical (unpaired) electrons. The third kappa shape index (κ3) is 5.95. The summed E-state index contributed by atoms with van der Waals surface area (Å²) in [6.07, 6.45) is 0.880. The fraction of sp³-hybridized carbons (Fsp3) is 0.364. The summed E-state index contributed by atoms with van der Waals surface area (Å²) < 4.78 is 24.6. The summed E-state index contributed by atoms with van der Waals surface area (Å²) in [5, 5.41) is 5.10. The van der Waals surface area contributed by atoms with Gasteiger partial charge in [0, 0.05) is 37.4 Å². The van der Waals surface area contributed by atoms with Crippen LogP contribution in [-0.2, 0) is 20.8 Å². The van der Waals surface area contributed by atoms with Gasteiger partial charge in [-0.1, -0.05) is 12.1 Å². The number of urea groups is 1. The highest BCUT2D eigenvalue weighted by molar-refractivity contribution is 5.99. The Bertz CT molecular complexity index is 1020. The number of pyridine rings is 1. The van der Waals surface area contributed by atoms with Crippen molar-refractivity contribution in [2.45, 2.75) is 19.5 Å². The highest BCUT2D eigenvalue weighted by atomic mass is 19.1. The van der Waals surface area contributed by atoms with Crippen LogP contribution in [0.15, 0.2) is 36.5 Å². The molecule has 176 valence electrons. The average molecular weight is 459 g/mol. The number of hydrogen-bond acceptors (Lipinski definition) is 7. The Labute approximate surface area is 190 Å². The van der Waals surface area contributed by atoms with E-state index in [-0.39, 0.29) is 25.3 Å². The molecule has 2 N–H and O–H groups in total. The zero-order chi connectivity index (χ0) is 24.0. The lowest BCUT2D eigenvalue weighted by Crippen LogP contribution is -2.58. The molecular weight excluding hydrogens is 433 g/mol. The van der Waals surface area contributed by atoms with Crippen molar-refractivity contribution < 1.29 is 28.2 Å². The molecule has 0 aliphatic carbocycles. The zero-order valence-electron chi connectivity index (χ0n) is 18.6. The fourth-order valence-electron chi connectivity index (χ4n) is 3.52. The summed E-state index contributed by atoms with van der Waals surface area (Å²) in [6, 6.07) is 6.66. The van der Waals surface area contributed by atoms with E-state index in [1.54, 1.807) is 24.3 Å². The van der Waals surface area contributed by atoms with E-state index in [1.165, 1.54) is 31.4 Å². The monoisotopic (exact) mass is 459 g/mol. The van der Waals surface area contributed by atoms with Crippen LogP contribution in [0, 0.1) is 12.7 Å². The smallest absolute Gasteiger partial charge is 0.410 e. The van der Waals surface area contributed by atoms with E-state index < -0.39 is 30.0 Å². The predicted octanol–water partition coefficient (Wildman–Crippen LogP) is 2.60. The second-order valence-electron chi connectivity index (χ2n) is 7.48. The number of anilines is 2. The van der Waals surface area contributed by atoms with Crippen molar-refractivity contribution in [3.63, 3.8) is 0 Å². The maximum absolute atomic E-state index is 15.1. The standard InChI is InChI=1S/C22H26FN5O5/c1-14-7-8-16(11-24-14)25-21(30)26-17-6-4-5-15(19(17)23)12-27-9-10-28(22(31)33-3)18(13-27)20(29)32-2/h4-8,11,18H,9-10,12-13H2,1-3H3,(H2,25,26,30)/t18-/m0/s1. The van der Waals surface area contributed by atoms with E-state index in [1.807, 2.05) is 11.8 Å². The lowest BCUT2D eigenvalue weighted by atomic mass is 10.1. The number of aromatic nitrogens is 1. The molecule has 3 amide bonds. The Morgan fingerprint density at radius 2 is 1.91 bits per heavy atom. The molecule has 0 bridgehead atoms. The molecule has 1 aliphatic rings. The molecule has 0 spiro atoms. The molecular formula is C22H26FN5O5. The minimum atomic E-state index is -0.866. The molecule has 1 atom stereocenters. The maximum atomic E-state index is 15.1. The van der Waals surface area contributed by atoms with Crippen LogP contribution in [0.25, 0.3) is 0 Å². The third-order valence-corrected chi connectivity index (χ3v) is 5.24. The summed E-state index contributed by atoms with van der Waals surface area (Å²) in [6.45, 7) is 2.78. The Kier molecular flexibility index (Phi) is 7.78. The molecule has 10 nitrogen and oxygen atoms in total. The summed E-state index contributed by atoms with van der Waals surface area (Å²) >= 11 is 0. The van der Waals surface area contributed by atoms with Gasteiger partial charge < -0.3 is 20.1 Å². The van der Waals surface area contributed by atoms with Crippen molar-refractivity contribution in [3.8, 4) is 0 Å². The molecule has 11 heteroatoms. The largest absolute Gasteiger partial charge is 0.467 e. The number of nitrogens with zero attached hydrogens (tertiary/aromatic N) is 3. The molecule has 2 heterocycles. The molecule has 33 heavy (non-hydrogen) atoms. The molecule has 1 saturated heterocycles. The van der Waals surface area contributed by atoms with Crippen molar-refractivity contribution in [1.29, 1.82) is 0 Å². The molecule has 1 aliphatic heterocycles. The second-order valence-corrected chi connectivity index (χ2v) is 7.48. The summed E-state index contributed by atoms with van der Waals surface area (Å²) in [5.74, 6) is -1.16. The van der Waals surface area contributed by atoms with Gasteiger partial charge in [-0.05, 0) is 25.1 Å². The summed E-state index contributed by atoms with van der Waals surface area (Å²) in [7, 11) is 2.48. The van der Waals surface area contributed by atoms with Crippen LogP contribution in [-0.4, -0.2) is 72.8 Å². The van der Waals surface area contributed by atoms with E-state index in [4.69, 9.17) is 9.47 Å². The van der Waals surface area contributed by atoms with E-state index in [0.29, 0.717) is 17.8 Å². The molecule has 1 aromatic carbocycles. The highest BCUT2D eigenvalue weighted by Gasteiger charge is 2.37. The van der Waals surface area contributed by atoms with Gasteiger partial charge >= 0.3 is 18.1 Å². The Morgan fingerprint density at radius 3 is 2.58 bits per heavy atom. The summed E-state index contributed by atoms with van der Waals surface area (Å²) in [5.41, 5.74) is 1.64. The minimum absolute atomic E-state index is 0.0165. The van der Waals surface area contributed by atoms with Gasteiger partial charge in [-0.15, -0.1) is 0 Å². The number of carbonyl (C=O) groups is 3. The van der Waals surface area contributed by atoms with Crippen molar-refractivity contribution in [1.82, 2.24) is 14.8 Å². The second kappa shape index (κ2) is 10.7. The molecule has 1 aromatic heterocycles. The fourth-order valence-corrected chi connectivity index (χ4v) is 3.52. The van der Waals surface area contributed by atoms with E-state index in [9.17, 15) is 14.4 Å². The van der Waals surface area contributed by atoms with Crippen LogP contribution in [0.2, 0.25) is 0 Å². The minimum Gasteiger partial charge on any atom is -0.467 e. The first-order chi connectivity index (χ1) is 15.8. The first-order valence-electron chi connectivity index (χ1n) is 10.2. The molecule has 2 aromatic rings. The normalized spacial score (nSPS) is 16.1. The van der Waals surface area contributed by atoms with Crippen LogP contribution in [0.3, 0.4) is 0 Å². The van der Waals surface area contributed by atoms with Crippen LogP contribution < -0.4 is 10.6 Å². The lowest BCUT2D eigenvalue weighted by molar-refractivity contribution is -0.148. The van der Waals surface area contributed by atoms with Crippen molar-refractivity contribution in [3.05, 3.63) is 53.6 Å².